The van der Waals surface area contributed by atoms with Gasteiger partial charge in [-0.05, 0) is 49.4 Å². The Morgan fingerprint density at radius 2 is 2.00 bits per heavy atom. The summed E-state index contributed by atoms with van der Waals surface area (Å²) in [4.78, 5) is 2.66. The normalized spacial score (nSPS) is 16.0. The summed E-state index contributed by atoms with van der Waals surface area (Å²) in [7, 11) is 1.67. The average Bonchev–Trinajstić information content (AvgIpc) is 2.97. The Morgan fingerprint density at radius 3 is 2.57 bits per heavy atom. The van der Waals surface area contributed by atoms with Gasteiger partial charge in [0.15, 0.2) is 0 Å². The molecule has 21 heavy (non-hydrogen) atoms. The van der Waals surface area contributed by atoms with E-state index in [2.05, 4.69) is 30.9 Å². The molecule has 0 heterocycles. The van der Waals surface area contributed by atoms with Crippen molar-refractivity contribution in [3.8, 4) is 5.75 Å². The second kappa shape index (κ2) is 7.69. The van der Waals surface area contributed by atoms with Crippen molar-refractivity contribution in [2.45, 2.75) is 58.5 Å². The van der Waals surface area contributed by atoms with Crippen molar-refractivity contribution >= 4 is 5.69 Å². The number of rotatable bonds is 7. The number of methoxy groups -OCH3 is 1. The summed E-state index contributed by atoms with van der Waals surface area (Å²) >= 11 is 0. The lowest BCUT2D eigenvalue weighted by Crippen LogP contribution is -2.34. The second-order valence-corrected chi connectivity index (χ2v) is 6.67. The van der Waals surface area contributed by atoms with E-state index in [1.807, 2.05) is 6.07 Å². The van der Waals surface area contributed by atoms with Crippen LogP contribution in [0.15, 0.2) is 18.2 Å². The van der Waals surface area contributed by atoms with Crippen LogP contribution in [0, 0.1) is 5.92 Å². The summed E-state index contributed by atoms with van der Waals surface area (Å²) in [6.07, 6.45) is 6.73. The standard InChI is InChI=1S/C18H30N2O/c1-14(2)10-11-20(16-6-4-5-7-16)13-15-8-9-18(21-3)17(19)12-15/h8-9,12,14,16H,4-7,10-11,13,19H2,1-3H3. The van der Waals surface area contributed by atoms with Gasteiger partial charge >= 0.3 is 0 Å². The zero-order chi connectivity index (χ0) is 15.2. The topological polar surface area (TPSA) is 38.5 Å². The third-order valence-electron chi connectivity index (χ3n) is 4.51. The van der Waals surface area contributed by atoms with Crippen LogP contribution in [0.4, 0.5) is 5.69 Å². The number of nitrogens with two attached hydrogens (primary N) is 1. The summed E-state index contributed by atoms with van der Waals surface area (Å²) in [5.41, 5.74) is 8.08. The van der Waals surface area contributed by atoms with E-state index < -0.39 is 0 Å². The molecule has 2 N–H and O–H groups in total. The number of nitrogen functional groups attached to an aromatic ring is 1. The van der Waals surface area contributed by atoms with E-state index in [1.54, 1.807) is 7.11 Å². The van der Waals surface area contributed by atoms with Crippen molar-refractivity contribution in [3.63, 3.8) is 0 Å². The van der Waals surface area contributed by atoms with Gasteiger partial charge in [-0.3, -0.25) is 4.90 Å². The molecule has 0 radical (unpaired) electrons. The van der Waals surface area contributed by atoms with Crippen LogP contribution < -0.4 is 10.5 Å². The molecule has 1 aromatic carbocycles. The Bertz CT molecular complexity index is 439. The Hall–Kier alpha value is -1.22. The largest absolute Gasteiger partial charge is 0.495 e. The zero-order valence-electron chi connectivity index (χ0n) is 13.8. The maximum absolute atomic E-state index is 6.04. The highest BCUT2D eigenvalue weighted by atomic mass is 16.5. The lowest BCUT2D eigenvalue weighted by Gasteiger charge is -2.29. The van der Waals surface area contributed by atoms with Gasteiger partial charge in [0, 0.05) is 12.6 Å². The minimum atomic E-state index is 0.741. The predicted octanol–water partition coefficient (Wildman–Crippen LogP) is 4.07. The van der Waals surface area contributed by atoms with Crippen LogP contribution in [0.25, 0.3) is 0 Å². The van der Waals surface area contributed by atoms with Crippen LogP contribution >= 0.6 is 0 Å². The van der Waals surface area contributed by atoms with E-state index in [1.165, 1.54) is 44.2 Å². The van der Waals surface area contributed by atoms with E-state index in [9.17, 15) is 0 Å². The molecule has 0 aliphatic heterocycles. The molecule has 1 aromatic rings. The molecule has 118 valence electrons. The van der Waals surface area contributed by atoms with Crippen LogP contribution in [0.2, 0.25) is 0 Å². The van der Waals surface area contributed by atoms with Gasteiger partial charge < -0.3 is 10.5 Å². The molecule has 0 aromatic heterocycles. The van der Waals surface area contributed by atoms with Crippen molar-refractivity contribution in [1.82, 2.24) is 4.90 Å². The molecule has 3 heteroatoms. The molecule has 1 aliphatic carbocycles. The van der Waals surface area contributed by atoms with Crippen molar-refractivity contribution in [2.75, 3.05) is 19.4 Å². The Labute approximate surface area is 129 Å². The minimum absolute atomic E-state index is 0.741. The first-order valence-corrected chi connectivity index (χ1v) is 8.26. The quantitative estimate of drug-likeness (QED) is 0.769. The molecule has 0 spiro atoms. The molecule has 0 amide bonds. The fourth-order valence-electron chi connectivity index (χ4n) is 3.20. The fraction of sp³-hybridized carbons (Fsp3) is 0.667. The molecular weight excluding hydrogens is 260 g/mol. The lowest BCUT2D eigenvalue weighted by molar-refractivity contribution is 0.179. The van der Waals surface area contributed by atoms with Gasteiger partial charge in [0.1, 0.15) is 5.75 Å². The molecule has 3 nitrogen and oxygen atoms in total. The summed E-state index contributed by atoms with van der Waals surface area (Å²) in [5.74, 6) is 1.53. The highest BCUT2D eigenvalue weighted by Gasteiger charge is 2.22. The van der Waals surface area contributed by atoms with Gasteiger partial charge in [-0.2, -0.15) is 0 Å². The number of benzene rings is 1. The van der Waals surface area contributed by atoms with E-state index >= 15 is 0 Å². The summed E-state index contributed by atoms with van der Waals surface area (Å²) < 4.78 is 5.25. The molecule has 1 saturated carbocycles. The number of hydrogen-bond donors (Lipinski definition) is 1. The van der Waals surface area contributed by atoms with Crippen LogP contribution in [-0.4, -0.2) is 24.6 Å². The second-order valence-electron chi connectivity index (χ2n) is 6.67. The van der Waals surface area contributed by atoms with Gasteiger partial charge in [0.25, 0.3) is 0 Å². The van der Waals surface area contributed by atoms with Gasteiger partial charge in [-0.1, -0.05) is 32.8 Å². The molecule has 2 rings (SSSR count). The smallest absolute Gasteiger partial charge is 0.141 e. The van der Waals surface area contributed by atoms with Crippen LogP contribution in [-0.2, 0) is 6.54 Å². The first-order valence-electron chi connectivity index (χ1n) is 8.26. The number of ether oxygens (including phenoxy) is 1. The molecule has 1 aliphatic rings. The molecule has 0 atom stereocenters. The lowest BCUT2D eigenvalue weighted by atomic mass is 10.1. The summed E-state index contributed by atoms with van der Waals surface area (Å²) in [5, 5.41) is 0. The first-order chi connectivity index (χ1) is 10.1. The van der Waals surface area contributed by atoms with Gasteiger partial charge in [0.05, 0.1) is 12.8 Å². The van der Waals surface area contributed by atoms with E-state index in [-0.39, 0.29) is 0 Å². The van der Waals surface area contributed by atoms with Gasteiger partial charge in [0.2, 0.25) is 0 Å². The molecular formula is C18H30N2O. The summed E-state index contributed by atoms with van der Waals surface area (Å²) in [6, 6.07) is 6.95. The van der Waals surface area contributed by atoms with E-state index in [4.69, 9.17) is 10.5 Å². The van der Waals surface area contributed by atoms with E-state index in [0.29, 0.717) is 0 Å². The van der Waals surface area contributed by atoms with Crippen molar-refractivity contribution in [3.05, 3.63) is 23.8 Å². The minimum Gasteiger partial charge on any atom is -0.495 e. The number of hydrogen-bond acceptors (Lipinski definition) is 3. The average molecular weight is 290 g/mol. The van der Waals surface area contributed by atoms with Crippen LogP contribution in [0.3, 0.4) is 0 Å². The number of nitrogens with zero attached hydrogens (tertiary/aromatic N) is 1. The molecule has 0 saturated heterocycles. The van der Waals surface area contributed by atoms with Gasteiger partial charge in [-0.25, -0.2) is 0 Å². The Kier molecular flexibility index (Phi) is 5.92. The molecule has 0 bridgehead atoms. The maximum Gasteiger partial charge on any atom is 0.141 e. The van der Waals surface area contributed by atoms with Crippen molar-refractivity contribution in [1.29, 1.82) is 0 Å². The third kappa shape index (κ3) is 4.63. The van der Waals surface area contributed by atoms with Crippen molar-refractivity contribution in [2.24, 2.45) is 5.92 Å². The fourth-order valence-corrected chi connectivity index (χ4v) is 3.20. The highest BCUT2D eigenvalue weighted by Crippen LogP contribution is 2.27. The Balaban J connectivity index is 2.04. The summed E-state index contributed by atoms with van der Waals surface area (Å²) in [6.45, 7) is 6.80. The molecule has 1 fully saturated rings. The van der Waals surface area contributed by atoms with Crippen molar-refractivity contribution < 1.29 is 4.74 Å². The van der Waals surface area contributed by atoms with Crippen LogP contribution in [0.1, 0.15) is 51.5 Å². The van der Waals surface area contributed by atoms with E-state index in [0.717, 1.165) is 29.9 Å². The molecule has 0 unspecified atom stereocenters. The first kappa shape index (κ1) is 16.2. The zero-order valence-corrected chi connectivity index (χ0v) is 13.8. The SMILES string of the molecule is COc1ccc(CN(CCC(C)C)C2CCCC2)cc1N. The monoisotopic (exact) mass is 290 g/mol. The highest BCUT2D eigenvalue weighted by molar-refractivity contribution is 5.54. The maximum atomic E-state index is 6.04. The van der Waals surface area contributed by atoms with Crippen LogP contribution in [0.5, 0.6) is 5.75 Å². The number of anilines is 1. The predicted molar refractivity (Wildman–Crippen MR) is 89.5 cm³/mol. The van der Waals surface area contributed by atoms with Gasteiger partial charge in [-0.15, -0.1) is 0 Å². The Morgan fingerprint density at radius 1 is 1.29 bits per heavy atom. The third-order valence-corrected chi connectivity index (χ3v) is 4.51.